The molecule has 0 saturated heterocycles. The highest BCUT2D eigenvalue weighted by Crippen LogP contribution is 2.18. The van der Waals surface area contributed by atoms with Gasteiger partial charge < -0.3 is 15.4 Å². The van der Waals surface area contributed by atoms with Crippen molar-refractivity contribution in [1.29, 1.82) is 0 Å². The molecule has 5 heteroatoms. The molecule has 0 atom stereocenters. The largest absolute Gasteiger partial charge is 0.496 e. The van der Waals surface area contributed by atoms with Gasteiger partial charge in [-0.05, 0) is 43.2 Å². The second-order valence-corrected chi connectivity index (χ2v) is 5.75. The molecule has 0 radical (unpaired) electrons. The highest BCUT2D eigenvalue weighted by Gasteiger charge is 2.03. The van der Waals surface area contributed by atoms with Crippen LogP contribution in [0.4, 0.5) is 17.5 Å². The Morgan fingerprint density at radius 2 is 1.80 bits per heavy atom. The number of aromatic nitrogens is 2. The smallest absolute Gasteiger partial charge is 0.224 e. The van der Waals surface area contributed by atoms with Gasteiger partial charge in [-0.25, -0.2) is 4.98 Å². The Bertz CT molecular complexity index is 818. The second-order valence-electron chi connectivity index (χ2n) is 5.75. The third kappa shape index (κ3) is 4.70. The normalized spacial score (nSPS) is 10.3. The number of nitrogens with zero attached hydrogens (tertiary/aromatic N) is 2. The summed E-state index contributed by atoms with van der Waals surface area (Å²) in [5.41, 5.74) is 3.39. The zero-order valence-electron chi connectivity index (χ0n) is 14.5. The minimum Gasteiger partial charge on any atom is -0.496 e. The Morgan fingerprint density at radius 3 is 2.60 bits per heavy atom. The standard InChI is InChI=1S/C20H22N4O/c1-15-7-9-17(10-8-15)23-19-12-14-22-20(24-19)21-13-11-16-5-3-4-6-18(16)25-2/h3-10,12,14H,11,13H2,1-2H3,(H2,21,22,23,24). The summed E-state index contributed by atoms with van der Waals surface area (Å²) in [7, 11) is 1.69. The Hall–Kier alpha value is -3.08. The lowest BCUT2D eigenvalue weighted by molar-refractivity contribution is 0.410. The molecule has 128 valence electrons. The number of ether oxygens (including phenoxy) is 1. The summed E-state index contributed by atoms with van der Waals surface area (Å²) in [5.74, 6) is 2.27. The van der Waals surface area contributed by atoms with E-state index in [-0.39, 0.29) is 0 Å². The summed E-state index contributed by atoms with van der Waals surface area (Å²) in [6.45, 7) is 2.80. The number of rotatable bonds is 7. The van der Waals surface area contributed by atoms with E-state index in [1.807, 2.05) is 36.4 Å². The molecule has 0 spiro atoms. The van der Waals surface area contributed by atoms with Crippen molar-refractivity contribution in [3.8, 4) is 5.75 Å². The van der Waals surface area contributed by atoms with Crippen LogP contribution in [0.1, 0.15) is 11.1 Å². The van der Waals surface area contributed by atoms with E-state index < -0.39 is 0 Å². The first-order valence-electron chi connectivity index (χ1n) is 8.27. The predicted molar refractivity (Wildman–Crippen MR) is 102 cm³/mol. The lowest BCUT2D eigenvalue weighted by Gasteiger charge is -2.10. The van der Waals surface area contributed by atoms with Crippen LogP contribution in [0.15, 0.2) is 60.8 Å². The van der Waals surface area contributed by atoms with Gasteiger partial charge in [0.2, 0.25) is 5.95 Å². The summed E-state index contributed by atoms with van der Waals surface area (Å²) in [5, 5.41) is 6.55. The number of anilines is 3. The molecule has 0 aliphatic carbocycles. The first-order chi connectivity index (χ1) is 12.2. The van der Waals surface area contributed by atoms with Crippen LogP contribution in [0.25, 0.3) is 0 Å². The van der Waals surface area contributed by atoms with E-state index in [9.17, 15) is 0 Å². The summed E-state index contributed by atoms with van der Waals surface area (Å²) in [6, 6.07) is 18.1. The van der Waals surface area contributed by atoms with Gasteiger partial charge in [0.1, 0.15) is 11.6 Å². The van der Waals surface area contributed by atoms with E-state index in [1.54, 1.807) is 13.3 Å². The van der Waals surface area contributed by atoms with E-state index in [1.165, 1.54) is 5.56 Å². The van der Waals surface area contributed by atoms with E-state index in [0.29, 0.717) is 5.95 Å². The van der Waals surface area contributed by atoms with Crippen LogP contribution in [0, 0.1) is 6.92 Å². The van der Waals surface area contributed by atoms with Crippen LogP contribution in [-0.2, 0) is 6.42 Å². The molecule has 0 fully saturated rings. The number of hydrogen-bond acceptors (Lipinski definition) is 5. The van der Waals surface area contributed by atoms with Gasteiger partial charge in [0.05, 0.1) is 7.11 Å². The predicted octanol–water partition coefficient (Wildman–Crippen LogP) is 4.19. The molecule has 1 aromatic heterocycles. The quantitative estimate of drug-likeness (QED) is 0.678. The molecular formula is C20H22N4O. The van der Waals surface area contributed by atoms with Crippen LogP contribution < -0.4 is 15.4 Å². The van der Waals surface area contributed by atoms with Gasteiger partial charge >= 0.3 is 0 Å². The van der Waals surface area contributed by atoms with Crippen molar-refractivity contribution in [2.24, 2.45) is 0 Å². The molecule has 25 heavy (non-hydrogen) atoms. The highest BCUT2D eigenvalue weighted by atomic mass is 16.5. The third-order valence-electron chi connectivity index (χ3n) is 3.85. The van der Waals surface area contributed by atoms with Gasteiger partial charge in [0, 0.05) is 18.4 Å². The lowest BCUT2D eigenvalue weighted by atomic mass is 10.1. The molecule has 0 aliphatic rings. The van der Waals surface area contributed by atoms with Gasteiger partial charge in [-0.3, -0.25) is 0 Å². The summed E-state index contributed by atoms with van der Waals surface area (Å²) in [4.78, 5) is 8.78. The molecule has 0 saturated carbocycles. The Morgan fingerprint density at radius 1 is 1.00 bits per heavy atom. The van der Waals surface area contributed by atoms with Crippen molar-refractivity contribution < 1.29 is 4.74 Å². The van der Waals surface area contributed by atoms with E-state index in [4.69, 9.17) is 4.74 Å². The SMILES string of the molecule is COc1ccccc1CCNc1nccc(Nc2ccc(C)cc2)n1. The van der Waals surface area contributed by atoms with Crippen LogP contribution in [0.3, 0.4) is 0 Å². The third-order valence-corrected chi connectivity index (χ3v) is 3.85. The molecule has 2 N–H and O–H groups in total. The fraction of sp³-hybridized carbons (Fsp3) is 0.200. The van der Waals surface area contributed by atoms with Crippen LogP contribution in [-0.4, -0.2) is 23.6 Å². The maximum atomic E-state index is 5.37. The topological polar surface area (TPSA) is 59.1 Å². The molecule has 1 heterocycles. The first kappa shape index (κ1) is 16.8. The molecule has 3 rings (SSSR count). The highest BCUT2D eigenvalue weighted by molar-refractivity contribution is 5.57. The first-order valence-corrected chi connectivity index (χ1v) is 8.27. The van der Waals surface area contributed by atoms with Gasteiger partial charge in [-0.15, -0.1) is 0 Å². The molecule has 2 aromatic carbocycles. The monoisotopic (exact) mass is 334 g/mol. The van der Waals surface area contributed by atoms with E-state index in [0.717, 1.165) is 35.8 Å². The average molecular weight is 334 g/mol. The molecule has 3 aromatic rings. The zero-order valence-corrected chi connectivity index (χ0v) is 14.5. The van der Waals surface area contributed by atoms with Crippen LogP contribution in [0.5, 0.6) is 5.75 Å². The molecule has 0 bridgehead atoms. The molecular weight excluding hydrogens is 312 g/mol. The Kier molecular flexibility index (Phi) is 5.46. The van der Waals surface area contributed by atoms with Gasteiger partial charge in [-0.2, -0.15) is 4.98 Å². The van der Waals surface area contributed by atoms with Crippen LogP contribution >= 0.6 is 0 Å². The number of para-hydroxylation sites is 1. The molecule has 0 aliphatic heterocycles. The van der Waals surface area contributed by atoms with Crippen molar-refractivity contribution in [1.82, 2.24) is 9.97 Å². The van der Waals surface area contributed by atoms with Crippen LogP contribution in [0.2, 0.25) is 0 Å². The number of aryl methyl sites for hydroxylation is 1. The molecule has 0 amide bonds. The lowest BCUT2D eigenvalue weighted by Crippen LogP contribution is -2.09. The molecule has 5 nitrogen and oxygen atoms in total. The summed E-state index contributed by atoms with van der Waals surface area (Å²) >= 11 is 0. The maximum Gasteiger partial charge on any atom is 0.224 e. The van der Waals surface area contributed by atoms with Crippen molar-refractivity contribution in [3.05, 3.63) is 71.9 Å². The van der Waals surface area contributed by atoms with Crippen molar-refractivity contribution in [2.45, 2.75) is 13.3 Å². The van der Waals surface area contributed by atoms with Crippen molar-refractivity contribution in [2.75, 3.05) is 24.3 Å². The summed E-state index contributed by atoms with van der Waals surface area (Å²) in [6.07, 6.45) is 2.58. The van der Waals surface area contributed by atoms with E-state index in [2.05, 4.69) is 45.7 Å². The van der Waals surface area contributed by atoms with Crippen molar-refractivity contribution in [3.63, 3.8) is 0 Å². The molecule has 0 unspecified atom stereocenters. The Balaban J connectivity index is 1.59. The number of nitrogens with one attached hydrogen (secondary N) is 2. The van der Waals surface area contributed by atoms with Gasteiger partial charge in [0.25, 0.3) is 0 Å². The van der Waals surface area contributed by atoms with Gasteiger partial charge in [0.15, 0.2) is 0 Å². The average Bonchev–Trinajstić information content (AvgIpc) is 2.64. The number of benzene rings is 2. The number of methoxy groups -OCH3 is 1. The fourth-order valence-electron chi connectivity index (χ4n) is 2.52. The zero-order chi connectivity index (χ0) is 17.5. The number of hydrogen-bond donors (Lipinski definition) is 2. The van der Waals surface area contributed by atoms with Gasteiger partial charge in [-0.1, -0.05) is 35.9 Å². The van der Waals surface area contributed by atoms with E-state index >= 15 is 0 Å². The minimum atomic E-state index is 0.604. The summed E-state index contributed by atoms with van der Waals surface area (Å²) < 4.78 is 5.37. The second kappa shape index (κ2) is 8.15. The minimum absolute atomic E-state index is 0.604. The fourth-order valence-corrected chi connectivity index (χ4v) is 2.52. The van der Waals surface area contributed by atoms with Crippen molar-refractivity contribution >= 4 is 17.5 Å². The Labute approximate surface area is 148 Å². The maximum absolute atomic E-state index is 5.37.